The van der Waals surface area contributed by atoms with Gasteiger partial charge < -0.3 is 10.1 Å². The van der Waals surface area contributed by atoms with Gasteiger partial charge in [0.05, 0.1) is 5.75 Å². The molecule has 0 saturated carbocycles. The van der Waals surface area contributed by atoms with E-state index in [0.29, 0.717) is 18.9 Å². The van der Waals surface area contributed by atoms with Crippen molar-refractivity contribution < 1.29 is 17.9 Å². The zero-order valence-electron chi connectivity index (χ0n) is 13.7. The lowest BCUT2D eigenvalue weighted by molar-refractivity contribution is -0.115. The van der Waals surface area contributed by atoms with Gasteiger partial charge in [0.25, 0.3) is 0 Å². The molecule has 1 aliphatic rings. The largest absolute Gasteiger partial charge is 0.381 e. The first kappa shape index (κ1) is 17.9. The molecule has 23 heavy (non-hydrogen) atoms. The number of hydrogen-bond acceptors (Lipinski definition) is 4. The molecule has 6 heteroatoms. The second kappa shape index (κ2) is 7.93. The van der Waals surface area contributed by atoms with E-state index in [1.165, 1.54) is 12.5 Å². The number of rotatable bonds is 6. The van der Waals surface area contributed by atoms with E-state index >= 15 is 0 Å². The molecular formula is C17H25NO4S. The van der Waals surface area contributed by atoms with Gasteiger partial charge in [0.15, 0.2) is 9.84 Å². The molecule has 0 aliphatic carbocycles. The Labute approximate surface area is 138 Å². The fourth-order valence-electron chi connectivity index (χ4n) is 2.62. The highest BCUT2D eigenvalue weighted by Gasteiger charge is 2.31. The Morgan fingerprint density at radius 1 is 1.26 bits per heavy atom. The summed E-state index contributed by atoms with van der Waals surface area (Å²) in [7, 11) is -3.46. The third kappa shape index (κ3) is 5.04. The maximum Gasteiger partial charge on any atom is 0.242 e. The number of anilines is 1. The topological polar surface area (TPSA) is 72.5 Å². The first-order valence-electron chi connectivity index (χ1n) is 8.11. The summed E-state index contributed by atoms with van der Waals surface area (Å²) in [5, 5.41) is 1.65. The Kier molecular flexibility index (Phi) is 6.18. The standard InChI is InChI=1S/C17H25NO4S/c1-3-14-4-6-16(7-5-14)18-17(19)13(2)23(20,21)12-15-8-10-22-11-9-15/h4-7,13,15H,3,8-12H2,1-2H3,(H,18,19)/t13-/m1/s1. The molecular weight excluding hydrogens is 314 g/mol. The molecule has 0 aromatic heterocycles. The van der Waals surface area contributed by atoms with E-state index in [4.69, 9.17) is 4.74 Å². The molecule has 1 fully saturated rings. The van der Waals surface area contributed by atoms with Crippen LogP contribution in [0.25, 0.3) is 0 Å². The molecule has 2 rings (SSSR count). The fraction of sp³-hybridized carbons (Fsp3) is 0.588. The van der Waals surface area contributed by atoms with Crippen LogP contribution in [0.1, 0.15) is 32.3 Å². The van der Waals surface area contributed by atoms with Gasteiger partial charge >= 0.3 is 0 Å². The van der Waals surface area contributed by atoms with Crippen LogP contribution in [0.3, 0.4) is 0 Å². The predicted molar refractivity (Wildman–Crippen MR) is 91.2 cm³/mol. The number of sulfone groups is 1. The third-order valence-corrected chi connectivity index (χ3v) is 6.57. The van der Waals surface area contributed by atoms with Crippen molar-refractivity contribution in [1.82, 2.24) is 0 Å². The minimum Gasteiger partial charge on any atom is -0.381 e. The normalized spacial score (nSPS) is 17.7. The van der Waals surface area contributed by atoms with Gasteiger partial charge in [0.2, 0.25) is 5.91 Å². The van der Waals surface area contributed by atoms with Gasteiger partial charge in [-0.15, -0.1) is 0 Å². The van der Waals surface area contributed by atoms with Gasteiger partial charge in [-0.3, -0.25) is 4.79 Å². The molecule has 1 saturated heterocycles. The average molecular weight is 339 g/mol. The number of carbonyl (C=O) groups excluding carboxylic acids is 1. The molecule has 1 atom stereocenters. The Morgan fingerprint density at radius 3 is 2.43 bits per heavy atom. The summed E-state index contributed by atoms with van der Waals surface area (Å²) >= 11 is 0. The van der Waals surface area contributed by atoms with E-state index in [9.17, 15) is 13.2 Å². The molecule has 1 aromatic carbocycles. The van der Waals surface area contributed by atoms with E-state index in [1.807, 2.05) is 12.1 Å². The van der Waals surface area contributed by atoms with Crippen LogP contribution >= 0.6 is 0 Å². The average Bonchev–Trinajstić information content (AvgIpc) is 2.55. The molecule has 1 aromatic rings. The summed E-state index contributed by atoms with van der Waals surface area (Å²) in [6, 6.07) is 7.46. The number of aryl methyl sites for hydroxylation is 1. The summed E-state index contributed by atoms with van der Waals surface area (Å²) in [6.07, 6.45) is 2.40. The lowest BCUT2D eigenvalue weighted by atomic mass is 10.0. The minimum atomic E-state index is -3.46. The number of ether oxygens (including phenoxy) is 1. The van der Waals surface area contributed by atoms with E-state index in [-0.39, 0.29) is 11.7 Å². The molecule has 0 radical (unpaired) electrons. The summed E-state index contributed by atoms with van der Waals surface area (Å²) in [6.45, 7) is 4.72. The van der Waals surface area contributed by atoms with Crippen molar-refractivity contribution in [2.45, 2.75) is 38.4 Å². The van der Waals surface area contributed by atoms with Crippen LogP contribution in [0, 0.1) is 5.92 Å². The van der Waals surface area contributed by atoms with Gasteiger partial charge in [-0.2, -0.15) is 0 Å². The van der Waals surface area contributed by atoms with E-state index in [0.717, 1.165) is 19.3 Å². The van der Waals surface area contributed by atoms with Crippen molar-refractivity contribution in [3.63, 3.8) is 0 Å². The molecule has 1 aliphatic heterocycles. The number of nitrogens with one attached hydrogen (secondary N) is 1. The second-order valence-corrected chi connectivity index (χ2v) is 8.43. The number of amides is 1. The van der Waals surface area contributed by atoms with Gasteiger partial charge in [-0.25, -0.2) is 8.42 Å². The smallest absolute Gasteiger partial charge is 0.242 e. The van der Waals surface area contributed by atoms with Crippen LogP contribution in [0.15, 0.2) is 24.3 Å². The molecule has 1 amide bonds. The Hall–Kier alpha value is -1.40. The monoisotopic (exact) mass is 339 g/mol. The predicted octanol–water partition coefficient (Wildman–Crippen LogP) is 2.42. The van der Waals surface area contributed by atoms with Gasteiger partial charge in [0, 0.05) is 18.9 Å². The highest BCUT2D eigenvalue weighted by Crippen LogP contribution is 2.20. The third-order valence-electron chi connectivity index (χ3n) is 4.35. The lowest BCUT2D eigenvalue weighted by Crippen LogP contribution is -2.36. The summed E-state index contributed by atoms with van der Waals surface area (Å²) in [5.41, 5.74) is 1.79. The molecule has 5 nitrogen and oxygen atoms in total. The van der Waals surface area contributed by atoms with Crippen LogP contribution in [-0.2, 0) is 25.8 Å². The Morgan fingerprint density at radius 2 is 1.87 bits per heavy atom. The SMILES string of the molecule is CCc1ccc(NC(=O)[C@@H](C)S(=O)(=O)CC2CCOCC2)cc1. The van der Waals surface area contributed by atoms with Crippen LogP contribution in [0.4, 0.5) is 5.69 Å². The van der Waals surface area contributed by atoms with Gasteiger partial charge in [-0.1, -0.05) is 19.1 Å². The van der Waals surface area contributed by atoms with Crippen molar-refractivity contribution in [2.75, 3.05) is 24.3 Å². The maximum atomic E-state index is 12.4. The van der Waals surface area contributed by atoms with Crippen LogP contribution < -0.4 is 5.32 Å². The zero-order valence-corrected chi connectivity index (χ0v) is 14.6. The van der Waals surface area contributed by atoms with Gasteiger partial charge in [-0.05, 0) is 49.8 Å². The molecule has 1 N–H and O–H groups in total. The molecule has 0 unspecified atom stereocenters. The maximum absolute atomic E-state index is 12.4. The summed E-state index contributed by atoms with van der Waals surface area (Å²) < 4.78 is 30.1. The molecule has 1 heterocycles. The first-order chi connectivity index (χ1) is 10.9. The lowest BCUT2D eigenvalue weighted by Gasteiger charge is -2.23. The van der Waals surface area contributed by atoms with E-state index in [1.54, 1.807) is 12.1 Å². The Balaban J connectivity index is 1.96. The summed E-state index contributed by atoms with van der Waals surface area (Å²) in [4.78, 5) is 12.2. The number of carbonyl (C=O) groups is 1. The molecule has 128 valence electrons. The second-order valence-electron chi connectivity index (χ2n) is 6.07. The number of benzene rings is 1. The highest BCUT2D eigenvalue weighted by atomic mass is 32.2. The van der Waals surface area contributed by atoms with E-state index < -0.39 is 21.0 Å². The van der Waals surface area contributed by atoms with Crippen molar-refractivity contribution in [2.24, 2.45) is 5.92 Å². The first-order valence-corrected chi connectivity index (χ1v) is 9.83. The fourth-order valence-corrected chi connectivity index (χ4v) is 4.28. The van der Waals surface area contributed by atoms with Crippen molar-refractivity contribution in [1.29, 1.82) is 0 Å². The molecule has 0 bridgehead atoms. The van der Waals surface area contributed by atoms with Crippen molar-refractivity contribution >= 4 is 21.4 Å². The zero-order chi connectivity index (χ0) is 16.9. The van der Waals surface area contributed by atoms with Crippen LogP contribution in [0.2, 0.25) is 0 Å². The molecule has 0 spiro atoms. The number of hydrogen-bond donors (Lipinski definition) is 1. The van der Waals surface area contributed by atoms with Crippen LogP contribution in [0.5, 0.6) is 0 Å². The van der Waals surface area contributed by atoms with Gasteiger partial charge in [0.1, 0.15) is 5.25 Å². The Bertz CT molecular complexity index is 618. The van der Waals surface area contributed by atoms with Crippen molar-refractivity contribution in [3.05, 3.63) is 29.8 Å². The quantitative estimate of drug-likeness (QED) is 0.864. The van der Waals surface area contributed by atoms with Crippen LogP contribution in [-0.4, -0.2) is 38.5 Å². The van der Waals surface area contributed by atoms with E-state index in [2.05, 4.69) is 12.2 Å². The minimum absolute atomic E-state index is 0.0553. The van der Waals surface area contributed by atoms with Crippen molar-refractivity contribution in [3.8, 4) is 0 Å². The summed E-state index contributed by atoms with van der Waals surface area (Å²) in [5.74, 6) is -0.325. The highest BCUT2D eigenvalue weighted by molar-refractivity contribution is 7.92.